The Balaban J connectivity index is 2.77. The predicted molar refractivity (Wildman–Crippen MR) is 55.1 cm³/mol. The molecule has 0 saturated carbocycles. The quantitative estimate of drug-likeness (QED) is 0.548. The molecule has 0 aliphatic carbocycles. The Kier molecular flexibility index (Phi) is 3.28. The number of ether oxygens (including phenoxy) is 1. The average Bonchev–Trinajstić information content (AvgIpc) is 2.12. The maximum absolute atomic E-state index is 11.4. The van der Waals surface area contributed by atoms with E-state index in [1.807, 2.05) is 0 Å². The summed E-state index contributed by atoms with van der Waals surface area (Å²) in [6, 6.07) is 4.83. The molecule has 0 aromatic heterocycles. The Morgan fingerprint density at radius 1 is 1.33 bits per heavy atom. The van der Waals surface area contributed by atoms with E-state index >= 15 is 0 Å². The van der Waals surface area contributed by atoms with Gasteiger partial charge in [-0.05, 0) is 30.7 Å². The van der Waals surface area contributed by atoms with Crippen LogP contribution in [0.2, 0.25) is 0 Å². The molecule has 0 radical (unpaired) electrons. The van der Waals surface area contributed by atoms with E-state index < -0.39 is 18.5 Å². The first kappa shape index (κ1) is 11.0. The molecule has 80 valence electrons. The van der Waals surface area contributed by atoms with Gasteiger partial charge in [0, 0.05) is 5.69 Å². The van der Waals surface area contributed by atoms with Crippen molar-refractivity contribution >= 4 is 17.6 Å². The second-order valence-corrected chi connectivity index (χ2v) is 3.17. The summed E-state index contributed by atoms with van der Waals surface area (Å²) in [6.07, 6.45) is 0. The summed E-state index contributed by atoms with van der Waals surface area (Å²) in [7, 11) is 0. The van der Waals surface area contributed by atoms with Crippen LogP contribution in [0.4, 0.5) is 5.69 Å². The van der Waals surface area contributed by atoms with Crippen LogP contribution >= 0.6 is 0 Å². The minimum absolute atomic E-state index is 0.314. The zero-order valence-electron chi connectivity index (χ0n) is 8.32. The number of carbonyl (C=O) groups excluding carboxylic acids is 2. The summed E-state index contributed by atoms with van der Waals surface area (Å²) in [5.41, 5.74) is 12.0. The number of nitrogen functional groups attached to an aromatic ring is 1. The van der Waals surface area contributed by atoms with Crippen molar-refractivity contribution in [3.8, 4) is 0 Å². The van der Waals surface area contributed by atoms with Crippen molar-refractivity contribution in [2.45, 2.75) is 6.92 Å². The lowest BCUT2D eigenvalue weighted by Gasteiger charge is -2.04. The van der Waals surface area contributed by atoms with Gasteiger partial charge in [-0.3, -0.25) is 4.79 Å². The number of nitrogens with two attached hydrogens (primary N) is 2. The van der Waals surface area contributed by atoms with Crippen molar-refractivity contribution in [3.05, 3.63) is 29.3 Å². The Bertz CT molecular complexity index is 381. The van der Waals surface area contributed by atoms with Crippen LogP contribution < -0.4 is 11.5 Å². The number of hydrogen-bond acceptors (Lipinski definition) is 4. The fourth-order valence-electron chi connectivity index (χ4n) is 1.15. The molecular formula is C10H12N2O3. The van der Waals surface area contributed by atoms with E-state index in [0.29, 0.717) is 11.3 Å². The third-order valence-corrected chi connectivity index (χ3v) is 1.68. The highest BCUT2D eigenvalue weighted by molar-refractivity contribution is 5.92. The summed E-state index contributed by atoms with van der Waals surface area (Å²) in [4.78, 5) is 21.8. The van der Waals surface area contributed by atoms with Crippen molar-refractivity contribution in [2.75, 3.05) is 12.3 Å². The second kappa shape index (κ2) is 4.45. The number of aryl methyl sites for hydroxylation is 1. The van der Waals surface area contributed by atoms with Gasteiger partial charge in [0.05, 0.1) is 5.56 Å². The van der Waals surface area contributed by atoms with Gasteiger partial charge in [0.15, 0.2) is 6.61 Å². The number of primary amides is 1. The van der Waals surface area contributed by atoms with Crippen LogP contribution in [-0.4, -0.2) is 18.5 Å². The summed E-state index contributed by atoms with van der Waals surface area (Å²) in [6.45, 7) is 1.38. The first-order chi connectivity index (χ1) is 6.99. The van der Waals surface area contributed by atoms with Gasteiger partial charge in [-0.2, -0.15) is 0 Å². The fraction of sp³-hybridized carbons (Fsp3) is 0.200. The van der Waals surface area contributed by atoms with Gasteiger partial charge >= 0.3 is 5.97 Å². The van der Waals surface area contributed by atoms with Crippen molar-refractivity contribution in [1.82, 2.24) is 0 Å². The SMILES string of the molecule is Cc1cc(N)cc(C(=O)OCC(N)=O)c1. The standard InChI is InChI=1S/C10H12N2O3/c1-6-2-7(4-8(11)3-6)10(14)15-5-9(12)13/h2-4H,5,11H2,1H3,(H2,12,13). The average molecular weight is 208 g/mol. The van der Waals surface area contributed by atoms with Crippen LogP contribution in [0.15, 0.2) is 18.2 Å². The molecule has 1 aromatic carbocycles. The van der Waals surface area contributed by atoms with Crippen molar-refractivity contribution < 1.29 is 14.3 Å². The van der Waals surface area contributed by atoms with Crippen molar-refractivity contribution in [1.29, 1.82) is 0 Å². The van der Waals surface area contributed by atoms with E-state index in [1.165, 1.54) is 6.07 Å². The second-order valence-electron chi connectivity index (χ2n) is 3.17. The molecule has 0 atom stereocenters. The molecule has 0 unspecified atom stereocenters. The Labute approximate surface area is 87.0 Å². The minimum Gasteiger partial charge on any atom is -0.452 e. The van der Waals surface area contributed by atoms with Crippen LogP contribution in [0.3, 0.4) is 0 Å². The molecule has 0 fully saturated rings. The number of rotatable bonds is 3. The summed E-state index contributed by atoms with van der Waals surface area (Å²) in [5, 5.41) is 0. The van der Waals surface area contributed by atoms with E-state index in [2.05, 4.69) is 4.74 Å². The summed E-state index contributed by atoms with van der Waals surface area (Å²) in [5.74, 6) is -1.30. The van der Waals surface area contributed by atoms with Crippen molar-refractivity contribution in [3.63, 3.8) is 0 Å². The van der Waals surface area contributed by atoms with Crippen LogP contribution in [0, 0.1) is 6.92 Å². The number of esters is 1. The van der Waals surface area contributed by atoms with E-state index in [4.69, 9.17) is 11.5 Å². The number of hydrogen-bond donors (Lipinski definition) is 2. The molecule has 5 heteroatoms. The van der Waals surface area contributed by atoms with E-state index in [9.17, 15) is 9.59 Å². The lowest BCUT2D eigenvalue weighted by Crippen LogP contribution is -2.21. The number of carbonyl (C=O) groups is 2. The van der Waals surface area contributed by atoms with Crippen molar-refractivity contribution in [2.24, 2.45) is 5.73 Å². The molecule has 5 nitrogen and oxygen atoms in total. The van der Waals surface area contributed by atoms with Crippen LogP contribution in [-0.2, 0) is 9.53 Å². The molecule has 0 aliphatic heterocycles. The summed E-state index contributed by atoms with van der Waals surface area (Å²) < 4.78 is 4.63. The molecule has 0 aliphatic rings. The fourth-order valence-corrected chi connectivity index (χ4v) is 1.15. The highest BCUT2D eigenvalue weighted by Crippen LogP contribution is 2.12. The number of benzene rings is 1. The first-order valence-corrected chi connectivity index (χ1v) is 4.31. The van der Waals surface area contributed by atoms with Gasteiger partial charge in [-0.1, -0.05) is 0 Å². The molecule has 0 heterocycles. The van der Waals surface area contributed by atoms with Gasteiger partial charge in [0.2, 0.25) is 0 Å². The Morgan fingerprint density at radius 2 is 2.00 bits per heavy atom. The minimum atomic E-state index is -0.691. The number of anilines is 1. The van der Waals surface area contributed by atoms with Gasteiger partial charge < -0.3 is 16.2 Å². The highest BCUT2D eigenvalue weighted by Gasteiger charge is 2.09. The van der Waals surface area contributed by atoms with Crippen LogP contribution in [0.25, 0.3) is 0 Å². The lowest BCUT2D eigenvalue weighted by molar-refractivity contribution is -0.121. The molecule has 1 aromatic rings. The van der Waals surface area contributed by atoms with E-state index in [-0.39, 0.29) is 0 Å². The van der Waals surface area contributed by atoms with Gasteiger partial charge in [0.1, 0.15) is 0 Å². The van der Waals surface area contributed by atoms with E-state index in [1.54, 1.807) is 19.1 Å². The summed E-state index contributed by atoms with van der Waals surface area (Å²) >= 11 is 0. The van der Waals surface area contributed by atoms with Gasteiger partial charge in [0.25, 0.3) is 5.91 Å². The van der Waals surface area contributed by atoms with E-state index in [0.717, 1.165) is 5.56 Å². The zero-order chi connectivity index (χ0) is 11.4. The Hall–Kier alpha value is -2.04. The normalized spacial score (nSPS) is 9.67. The monoisotopic (exact) mass is 208 g/mol. The maximum atomic E-state index is 11.4. The molecule has 4 N–H and O–H groups in total. The molecule has 0 spiro atoms. The number of amides is 1. The first-order valence-electron chi connectivity index (χ1n) is 4.31. The predicted octanol–water partition coefficient (Wildman–Crippen LogP) is 0.219. The molecule has 1 amide bonds. The third-order valence-electron chi connectivity index (χ3n) is 1.68. The largest absolute Gasteiger partial charge is 0.452 e. The molecule has 1 rings (SSSR count). The highest BCUT2D eigenvalue weighted by atomic mass is 16.5. The topological polar surface area (TPSA) is 95.4 Å². The van der Waals surface area contributed by atoms with Crippen LogP contribution in [0.1, 0.15) is 15.9 Å². The zero-order valence-corrected chi connectivity index (χ0v) is 8.32. The van der Waals surface area contributed by atoms with Gasteiger partial charge in [-0.15, -0.1) is 0 Å². The molecular weight excluding hydrogens is 196 g/mol. The molecule has 0 saturated heterocycles. The lowest BCUT2D eigenvalue weighted by atomic mass is 10.1. The van der Waals surface area contributed by atoms with Gasteiger partial charge in [-0.25, -0.2) is 4.79 Å². The molecule has 15 heavy (non-hydrogen) atoms. The maximum Gasteiger partial charge on any atom is 0.338 e. The van der Waals surface area contributed by atoms with Crippen LogP contribution in [0.5, 0.6) is 0 Å². The smallest absolute Gasteiger partial charge is 0.338 e. The molecule has 0 bridgehead atoms. The Morgan fingerprint density at radius 3 is 2.53 bits per heavy atom. The third kappa shape index (κ3) is 3.30.